The van der Waals surface area contributed by atoms with Crippen LogP contribution in [-0.2, 0) is 9.59 Å². The molecular weight excluding hydrogens is 334 g/mol. The first-order chi connectivity index (χ1) is 11.0. The van der Waals surface area contributed by atoms with Gasteiger partial charge in [0.1, 0.15) is 5.00 Å². The predicted molar refractivity (Wildman–Crippen MR) is 92.9 cm³/mol. The molecule has 8 heteroatoms. The molecule has 0 radical (unpaired) electrons. The highest BCUT2D eigenvalue weighted by atomic mass is 32.2. The summed E-state index contributed by atoms with van der Waals surface area (Å²) in [5.74, 6) is -0.713. The fourth-order valence-electron chi connectivity index (χ4n) is 1.75. The van der Waals surface area contributed by atoms with E-state index in [9.17, 15) is 14.4 Å². The quantitative estimate of drug-likeness (QED) is 0.698. The number of thiophene rings is 1. The third-order valence-electron chi connectivity index (χ3n) is 2.73. The lowest BCUT2D eigenvalue weighted by atomic mass is 10.3. The van der Waals surface area contributed by atoms with Gasteiger partial charge in [-0.1, -0.05) is 0 Å². The molecule has 3 amide bonds. The molecule has 120 valence electrons. The van der Waals surface area contributed by atoms with Crippen LogP contribution in [0.1, 0.15) is 17.3 Å². The number of nitrogens with one attached hydrogen (secondary N) is 2. The van der Waals surface area contributed by atoms with E-state index in [1.54, 1.807) is 23.6 Å². The molecule has 6 nitrogen and oxygen atoms in total. The van der Waals surface area contributed by atoms with E-state index in [2.05, 4.69) is 10.6 Å². The van der Waals surface area contributed by atoms with E-state index in [0.29, 0.717) is 16.3 Å². The second-order valence-corrected chi connectivity index (χ2v) is 6.53. The number of thioether (sulfide) groups is 1. The van der Waals surface area contributed by atoms with Crippen molar-refractivity contribution in [2.45, 2.75) is 11.8 Å². The second-order valence-electron chi connectivity index (χ2n) is 4.57. The van der Waals surface area contributed by atoms with Gasteiger partial charge in [-0.25, -0.2) is 0 Å². The van der Waals surface area contributed by atoms with E-state index >= 15 is 0 Å². The lowest BCUT2D eigenvalue weighted by Gasteiger charge is -2.06. The third-order valence-corrected chi connectivity index (χ3v) is 4.57. The van der Waals surface area contributed by atoms with Crippen LogP contribution >= 0.6 is 23.1 Å². The van der Waals surface area contributed by atoms with Crippen molar-refractivity contribution in [2.75, 3.05) is 16.4 Å². The average molecular weight is 349 g/mol. The minimum Gasteiger partial charge on any atom is -0.366 e. The summed E-state index contributed by atoms with van der Waals surface area (Å²) < 4.78 is 0. The van der Waals surface area contributed by atoms with Crippen LogP contribution in [0.5, 0.6) is 0 Å². The number of hydrogen-bond acceptors (Lipinski definition) is 5. The van der Waals surface area contributed by atoms with Crippen molar-refractivity contribution in [3.8, 4) is 0 Å². The summed E-state index contributed by atoms with van der Waals surface area (Å²) >= 11 is 2.61. The lowest BCUT2D eigenvalue weighted by Crippen LogP contribution is -2.17. The second kappa shape index (κ2) is 7.80. The number of primary amides is 1. The Morgan fingerprint density at radius 1 is 1.13 bits per heavy atom. The summed E-state index contributed by atoms with van der Waals surface area (Å²) in [4.78, 5) is 35.0. The molecule has 0 fully saturated rings. The summed E-state index contributed by atoms with van der Waals surface area (Å²) in [7, 11) is 0. The van der Waals surface area contributed by atoms with E-state index < -0.39 is 5.91 Å². The van der Waals surface area contributed by atoms with Gasteiger partial charge >= 0.3 is 0 Å². The third kappa shape index (κ3) is 5.11. The number of rotatable bonds is 6. The van der Waals surface area contributed by atoms with Gasteiger partial charge in [-0.05, 0) is 35.7 Å². The van der Waals surface area contributed by atoms with E-state index in [1.807, 2.05) is 12.1 Å². The molecule has 0 aliphatic carbocycles. The zero-order valence-corrected chi connectivity index (χ0v) is 13.9. The molecule has 2 aromatic rings. The van der Waals surface area contributed by atoms with Crippen molar-refractivity contribution in [3.63, 3.8) is 0 Å². The molecule has 23 heavy (non-hydrogen) atoms. The highest BCUT2D eigenvalue weighted by Gasteiger charge is 2.12. The first kappa shape index (κ1) is 17.0. The molecule has 4 N–H and O–H groups in total. The summed E-state index contributed by atoms with van der Waals surface area (Å²) in [6.45, 7) is 1.44. The number of carbonyl (C=O) groups excluding carboxylic acids is 3. The molecule has 0 bridgehead atoms. The van der Waals surface area contributed by atoms with Crippen molar-refractivity contribution in [3.05, 3.63) is 41.3 Å². The molecule has 0 aliphatic rings. The van der Waals surface area contributed by atoms with Crippen LogP contribution < -0.4 is 16.4 Å². The Balaban J connectivity index is 1.88. The maximum Gasteiger partial charge on any atom is 0.251 e. The van der Waals surface area contributed by atoms with Gasteiger partial charge in [0.15, 0.2) is 0 Å². The van der Waals surface area contributed by atoms with Crippen LogP contribution in [0, 0.1) is 0 Å². The molecule has 0 saturated carbocycles. The summed E-state index contributed by atoms with van der Waals surface area (Å²) in [5, 5.41) is 7.51. The first-order valence-corrected chi connectivity index (χ1v) is 8.50. The van der Waals surface area contributed by atoms with E-state index in [0.717, 1.165) is 4.90 Å². The smallest absolute Gasteiger partial charge is 0.251 e. The minimum absolute atomic E-state index is 0.133. The Morgan fingerprint density at radius 2 is 1.83 bits per heavy atom. The number of anilines is 2. The standard InChI is InChI=1S/C15H15N3O3S2/c1-9(19)17-10-2-4-11(5-3-10)23-8-13(20)18-15-12(14(16)21)6-7-22-15/h2-7H,8H2,1H3,(H2,16,21)(H,17,19)(H,18,20). The predicted octanol–water partition coefficient (Wildman–Crippen LogP) is 2.54. The fraction of sp³-hybridized carbons (Fsp3) is 0.133. The molecule has 0 aliphatic heterocycles. The Hall–Kier alpha value is -2.32. The van der Waals surface area contributed by atoms with E-state index in [-0.39, 0.29) is 17.6 Å². The number of amides is 3. The van der Waals surface area contributed by atoms with Gasteiger partial charge in [0, 0.05) is 17.5 Å². The molecule has 0 atom stereocenters. The van der Waals surface area contributed by atoms with Gasteiger partial charge in [-0.2, -0.15) is 0 Å². The van der Waals surface area contributed by atoms with Crippen molar-refractivity contribution in [1.29, 1.82) is 0 Å². The summed E-state index contributed by atoms with van der Waals surface area (Å²) in [6, 6.07) is 8.76. The van der Waals surface area contributed by atoms with Gasteiger partial charge in [0.25, 0.3) is 5.91 Å². The molecular formula is C15H15N3O3S2. The Kier molecular flexibility index (Phi) is 5.78. The zero-order chi connectivity index (χ0) is 16.8. The minimum atomic E-state index is -0.567. The van der Waals surface area contributed by atoms with E-state index in [4.69, 9.17) is 5.73 Å². The van der Waals surface area contributed by atoms with E-state index in [1.165, 1.54) is 30.0 Å². The van der Waals surface area contributed by atoms with Crippen LogP contribution in [-0.4, -0.2) is 23.5 Å². The van der Waals surface area contributed by atoms with Crippen LogP contribution in [0.25, 0.3) is 0 Å². The highest BCUT2D eigenvalue weighted by Crippen LogP contribution is 2.24. The normalized spacial score (nSPS) is 10.1. The summed E-state index contributed by atoms with van der Waals surface area (Å²) in [5.41, 5.74) is 6.25. The highest BCUT2D eigenvalue weighted by molar-refractivity contribution is 8.00. The Morgan fingerprint density at radius 3 is 2.43 bits per heavy atom. The van der Waals surface area contributed by atoms with Crippen LogP contribution in [0.3, 0.4) is 0 Å². The first-order valence-electron chi connectivity index (χ1n) is 6.63. The molecule has 1 heterocycles. The number of hydrogen-bond donors (Lipinski definition) is 3. The van der Waals surface area contributed by atoms with Crippen molar-refractivity contribution >= 4 is 51.5 Å². The Labute approximate surface area is 141 Å². The molecule has 0 unspecified atom stereocenters. The Bertz CT molecular complexity index is 726. The SMILES string of the molecule is CC(=O)Nc1ccc(SCC(=O)Nc2sccc2C(N)=O)cc1. The van der Waals surface area contributed by atoms with Crippen LogP contribution in [0.15, 0.2) is 40.6 Å². The van der Waals surface area contributed by atoms with Gasteiger partial charge < -0.3 is 16.4 Å². The maximum absolute atomic E-state index is 11.9. The summed E-state index contributed by atoms with van der Waals surface area (Å²) in [6.07, 6.45) is 0. The van der Waals surface area contributed by atoms with Gasteiger partial charge in [-0.3, -0.25) is 14.4 Å². The van der Waals surface area contributed by atoms with Gasteiger partial charge in [0.2, 0.25) is 11.8 Å². The van der Waals surface area contributed by atoms with Crippen LogP contribution in [0.4, 0.5) is 10.7 Å². The number of carbonyl (C=O) groups is 3. The molecule has 2 rings (SSSR count). The van der Waals surface area contributed by atoms with Gasteiger partial charge in [-0.15, -0.1) is 23.1 Å². The molecule has 1 aromatic carbocycles. The molecule has 0 saturated heterocycles. The topological polar surface area (TPSA) is 101 Å². The van der Waals surface area contributed by atoms with Crippen molar-refractivity contribution < 1.29 is 14.4 Å². The van der Waals surface area contributed by atoms with Crippen molar-refractivity contribution in [1.82, 2.24) is 0 Å². The fourth-order valence-corrected chi connectivity index (χ4v) is 3.26. The molecule has 0 spiro atoms. The zero-order valence-electron chi connectivity index (χ0n) is 12.3. The largest absolute Gasteiger partial charge is 0.366 e. The number of nitrogens with two attached hydrogens (primary N) is 1. The average Bonchev–Trinajstić information content (AvgIpc) is 2.94. The lowest BCUT2D eigenvalue weighted by molar-refractivity contribution is -0.114. The van der Waals surface area contributed by atoms with Gasteiger partial charge in [0.05, 0.1) is 11.3 Å². The van der Waals surface area contributed by atoms with Crippen molar-refractivity contribution in [2.24, 2.45) is 5.73 Å². The number of benzene rings is 1. The molecule has 1 aromatic heterocycles. The monoisotopic (exact) mass is 349 g/mol. The maximum atomic E-state index is 11.9. The van der Waals surface area contributed by atoms with Crippen LogP contribution in [0.2, 0.25) is 0 Å².